The molecule has 1 unspecified atom stereocenters. The molecule has 0 bridgehead atoms. The van der Waals surface area contributed by atoms with Gasteiger partial charge in [-0.15, -0.1) is 0 Å². The Balaban J connectivity index is 1.87. The highest BCUT2D eigenvalue weighted by Crippen LogP contribution is 2.17. The lowest BCUT2D eigenvalue weighted by molar-refractivity contribution is -0.133. The van der Waals surface area contributed by atoms with E-state index in [0.29, 0.717) is 6.54 Å². The first-order chi connectivity index (χ1) is 8.81. The Morgan fingerprint density at radius 2 is 1.72 bits per heavy atom. The first kappa shape index (κ1) is 13.4. The number of carbonyl (C=O) groups excluding carboxylic acids is 1. The second-order valence-electron chi connectivity index (χ2n) is 5.41. The van der Waals surface area contributed by atoms with Crippen molar-refractivity contribution in [3.8, 4) is 6.07 Å². The van der Waals surface area contributed by atoms with Gasteiger partial charge in [-0.1, -0.05) is 12.8 Å². The van der Waals surface area contributed by atoms with Crippen LogP contribution in [0.2, 0.25) is 0 Å². The molecule has 0 radical (unpaired) electrons. The minimum atomic E-state index is -0.0466. The van der Waals surface area contributed by atoms with Crippen LogP contribution in [0.3, 0.4) is 0 Å². The largest absolute Gasteiger partial charge is 0.342 e. The molecule has 2 saturated heterocycles. The molecule has 0 N–H and O–H groups in total. The van der Waals surface area contributed by atoms with E-state index in [1.807, 2.05) is 4.90 Å². The van der Waals surface area contributed by atoms with Gasteiger partial charge in [0, 0.05) is 13.1 Å². The first-order valence-corrected chi connectivity index (χ1v) is 7.22. The summed E-state index contributed by atoms with van der Waals surface area (Å²) < 4.78 is 0. The fourth-order valence-corrected chi connectivity index (χ4v) is 2.92. The van der Waals surface area contributed by atoms with Crippen molar-refractivity contribution >= 4 is 5.91 Å². The second kappa shape index (κ2) is 6.75. The monoisotopic (exact) mass is 249 g/mol. The van der Waals surface area contributed by atoms with Crippen molar-refractivity contribution in [1.29, 1.82) is 5.26 Å². The number of hydrogen-bond donors (Lipinski definition) is 0. The molecule has 0 aromatic heterocycles. The Bertz CT molecular complexity index is 315. The van der Waals surface area contributed by atoms with Crippen LogP contribution in [0.5, 0.6) is 0 Å². The molecule has 2 aliphatic heterocycles. The molecular formula is C14H23N3O. The molecule has 0 aliphatic carbocycles. The van der Waals surface area contributed by atoms with E-state index < -0.39 is 0 Å². The zero-order chi connectivity index (χ0) is 12.8. The molecule has 0 aromatic rings. The number of nitriles is 1. The Labute approximate surface area is 110 Å². The van der Waals surface area contributed by atoms with E-state index in [4.69, 9.17) is 5.26 Å². The molecule has 0 aromatic carbocycles. The second-order valence-corrected chi connectivity index (χ2v) is 5.41. The Hall–Kier alpha value is -1.08. The third-order valence-corrected chi connectivity index (χ3v) is 4.06. The summed E-state index contributed by atoms with van der Waals surface area (Å²) in [6.07, 6.45) is 7.91. The molecule has 4 heteroatoms. The van der Waals surface area contributed by atoms with Crippen LogP contribution in [0.15, 0.2) is 0 Å². The highest BCUT2D eigenvalue weighted by Gasteiger charge is 2.26. The Morgan fingerprint density at radius 1 is 1.06 bits per heavy atom. The van der Waals surface area contributed by atoms with E-state index in [1.54, 1.807) is 0 Å². The average Bonchev–Trinajstić information content (AvgIpc) is 2.68. The number of rotatable bonds is 2. The maximum absolute atomic E-state index is 12.3. The van der Waals surface area contributed by atoms with Crippen molar-refractivity contribution in [3.05, 3.63) is 0 Å². The fraction of sp³-hybridized carbons (Fsp3) is 0.857. The van der Waals surface area contributed by atoms with Crippen LogP contribution in [-0.2, 0) is 4.79 Å². The predicted octanol–water partition coefficient (Wildman–Crippen LogP) is 1.77. The summed E-state index contributed by atoms with van der Waals surface area (Å²) in [6.45, 7) is 3.16. The van der Waals surface area contributed by atoms with Gasteiger partial charge < -0.3 is 4.90 Å². The quantitative estimate of drug-likeness (QED) is 0.749. The highest BCUT2D eigenvalue weighted by atomic mass is 16.2. The van der Waals surface area contributed by atoms with Gasteiger partial charge in [-0.05, 0) is 38.6 Å². The maximum atomic E-state index is 12.3. The average molecular weight is 249 g/mol. The van der Waals surface area contributed by atoms with Crippen LogP contribution in [0.1, 0.15) is 44.9 Å². The van der Waals surface area contributed by atoms with E-state index in [1.165, 1.54) is 12.8 Å². The lowest BCUT2D eigenvalue weighted by Crippen LogP contribution is -2.46. The van der Waals surface area contributed by atoms with Gasteiger partial charge in [0.25, 0.3) is 0 Å². The van der Waals surface area contributed by atoms with Crippen molar-refractivity contribution in [2.24, 2.45) is 0 Å². The molecule has 18 heavy (non-hydrogen) atoms. The molecule has 0 spiro atoms. The number of likely N-dealkylation sites (tertiary alicyclic amines) is 2. The summed E-state index contributed by atoms with van der Waals surface area (Å²) >= 11 is 0. The zero-order valence-corrected chi connectivity index (χ0v) is 11.1. The highest BCUT2D eigenvalue weighted by molar-refractivity contribution is 5.78. The van der Waals surface area contributed by atoms with Gasteiger partial charge in [-0.2, -0.15) is 5.26 Å². The van der Waals surface area contributed by atoms with E-state index in [0.717, 1.165) is 51.7 Å². The summed E-state index contributed by atoms with van der Waals surface area (Å²) in [5, 5.41) is 9.11. The summed E-state index contributed by atoms with van der Waals surface area (Å²) in [5.41, 5.74) is 0. The lowest BCUT2D eigenvalue weighted by Gasteiger charge is -2.32. The summed E-state index contributed by atoms with van der Waals surface area (Å²) in [4.78, 5) is 16.3. The molecule has 2 rings (SSSR count). The van der Waals surface area contributed by atoms with Crippen molar-refractivity contribution in [3.63, 3.8) is 0 Å². The van der Waals surface area contributed by atoms with Crippen LogP contribution in [-0.4, -0.2) is 47.9 Å². The predicted molar refractivity (Wildman–Crippen MR) is 69.9 cm³/mol. The Morgan fingerprint density at radius 3 is 2.39 bits per heavy atom. The van der Waals surface area contributed by atoms with Gasteiger partial charge in [0.15, 0.2) is 0 Å². The van der Waals surface area contributed by atoms with Crippen molar-refractivity contribution in [2.45, 2.75) is 51.0 Å². The van der Waals surface area contributed by atoms with Gasteiger partial charge in [-0.25, -0.2) is 0 Å². The maximum Gasteiger partial charge on any atom is 0.236 e. The molecule has 2 fully saturated rings. The number of piperidine rings is 1. The molecule has 4 nitrogen and oxygen atoms in total. The summed E-state index contributed by atoms with van der Waals surface area (Å²) in [6, 6.07) is 2.28. The number of hydrogen-bond acceptors (Lipinski definition) is 3. The van der Waals surface area contributed by atoms with Crippen LogP contribution in [0.25, 0.3) is 0 Å². The van der Waals surface area contributed by atoms with Gasteiger partial charge in [0.1, 0.15) is 0 Å². The number of amides is 1. The van der Waals surface area contributed by atoms with Crippen molar-refractivity contribution < 1.29 is 4.79 Å². The van der Waals surface area contributed by atoms with Gasteiger partial charge >= 0.3 is 0 Å². The lowest BCUT2D eigenvalue weighted by atomic mass is 10.0. The standard InChI is InChI=1S/C14H23N3O/c15-11-13-7-3-6-10-17(13)12-14(18)16-8-4-1-2-5-9-16/h13H,1-10,12H2. The molecule has 2 heterocycles. The van der Waals surface area contributed by atoms with Crippen molar-refractivity contribution in [1.82, 2.24) is 9.80 Å². The minimum absolute atomic E-state index is 0.0466. The van der Waals surface area contributed by atoms with Gasteiger partial charge in [-0.3, -0.25) is 9.69 Å². The van der Waals surface area contributed by atoms with Gasteiger partial charge in [0.05, 0.1) is 18.7 Å². The first-order valence-electron chi connectivity index (χ1n) is 7.22. The SMILES string of the molecule is N#CC1CCCCN1CC(=O)N1CCCCCC1. The van der Waals surface area contributed by atoms with Gasteiger partial charge in [0.2, 0.25) is 5.91 Å². The van der Waals surface area contributed by atoms with Crippen LogP contribution < -0.4 is 0 Å². The molecule has 0 saturated carbocycles. The molecule has 2 aliphatic rings. The molecule has 1 amide bonds. The van der Waals surface area contributed by atoms with Crippen LogP contribution >= 0.6 is 0 Å². The topological polar surface area (TPSA) is 47.3 Å². The van der Waals surface area contributed by atoms with E-state index in [-0.39, 0.29) is 11.9 Å². The third kappa shape index (κ3) is 3.46. The van der Waals surface area contributed by atoms with Crippen molar-refractivity contribution in [2.75, 3.05) is 26.2 Å². The summed E-state index contributed by atoms with van der Waals surface area (Å²) in [7, 11) is 0. The zero-order valence-electron chi connectivity index (χ0n) is 11.1. The van der Waals surface area contributed by atoms with Crippen LogP contribution in [0.4, 0.5) is 0 Å². The number of nitrogens with zero attached hydrogens (tertiary/aromatic N) is 3. The normalized spacial score (nSPS) is 26.4. The van der Waals surface area contributed by atoms with E-state index >= 15 is 0 Å². The van der Waals surface area contributed by atoms with E-state index in [9.17, 15) is 4.79 Å². The molecule has 1 atom stereocenters. The Kier molecular flexibility index (Phi) is 5.00. The van der Waals surface area contributed by atoms with E-state index in [2.05, 4.69) is 11.0 Å². The smallest absolute Gasteiger partial charge is 0.236 e. The van der Waals surface area contributed by atoms with Crippen LogP contribution in [0, 0.1) is 11.3 Å². The summed E-state index contributed by atoms with van der Waals surface area (Å²) in [5.74, 6) is 0.221. The number of carbonyl (C=O) groups is 1. The molecule has 100 valence electrons. The minimum Gasteiger partial charge on any atom is -0.342 e. The molecular weight excluding hydrogens is 226 g/mol. The fourth-order valence-electron chi connectivity index (χ4n) is 2.92. The third-order valence-electron chi connectivity index (χ3n) is 4.06.